The summed E-state index contributed by atoms with van der Waals surface area (Å²) in [5.74, 6) is 1.80. The van der Waals surface area contributed by atoms with Crippen molar-refractivity contribution in [3.05, 3.63) is 72.1 Å². The molecular weight excluding hydrogens is 420 g/mol. The zero-order valence-electron chi connectivity index (χ0n) is 20.6. The van der Waals surface area contributed by atoms with Crippen LogP contribution >= 0.6 is 0 Å². The lowest BCUT2D eigenvalue weighted by molar-refractivity contribution is 0.304. The molecule has 0 unspecified atom stereocenters. The van der Waals surface area contributed by atoms with E-state index in [1.54, 1.807) is 0 Å². The van der Waals surface area contributed by atoms with Crippen molar-refractivity contribution < 1.29 is 9.47 Å². The molecule has 2 aromatic heterocycles. The maximum Gasteiger partial charge on any atom is 0.145 e. The number of unbranched alkanes of at least 4 members (excludes halogenated alkanes) is 7. The number of ether oxygens (including phenoxy) is 2. The van der Waals surface area contributed by atoms with Gasteiger partial charge in [-0.1, -0.05) is 74.9 Å². The topological polar surface area (TPSA) is 44.2 Å². The van der Waals surface area contributed by atoms with Crippen LogP contribution in [0.15, 0.2) is 60.7 Å². The van der Waals surface area contributed by atoms with Gasteiger partial charge in [0, 0.05) is 22.2 Å². The van der Waals surface area contributed by atoms with Crippen LogP contribution in [0.1, 0.15) is 62.8 Å². The van der Waals surface area contributed by atoms with E-state index in [-0.39, 0.29) is 0 Å². The maximum absolute atomic E-state index is 6.04. The van der Waals surface area contributed by atoms with Gasteiger partial charge < -0.3 is 9.47 Å². The number of aryl methyl sites for hydroxylation is 2. The van der Waals surface area contributed by atoms with Gasteiger partial charge in [-0.2, -0.15) is 0 Å². The highest BCUT2D eigenvalue weighted by Crippen LogP contribution is 2.25. The Morgan fingerprint density at radius 1 is 0.500 bits per heavy atom. The molecular formula is C30H36N2O2. The van der Waals surface area contributed by atoms with Crippen LogP contribution in [0.4, 0.5) is 0 Å². The third kappa shape index (κ3) is 6.69. The van der Waals surface area contributed by atoms with Crippen molar-refractivity contribution in [2.45, 2.75) is 65.2 Å². The third-order valence-electron chi connectivity index (χ3n) is 6.20. The molecule has 4 rings (SSSR count). The van der Waals surface area contributed by atoms with E-state index < -0.39 is 0 Å². The van der Waals surface area contributed by atoms with E-state index in [4.69, 9.17) is 9.47 Å². The van der Waals surface area contributed by atoms with Gasteiger partial charge in [-0.25, -0.2) is 9.97 Å². The van der Waals surface area contributed by atoms with Crippen LogP contribution in [0.25, 0.3) is 21.8 Å². The molecule has 0 N–H and O–H groups in total. The Morgan fingerprint density at radius 2 is 0.912 bits per heavy atom. The van der Waals surface area contributed by atoms with E-state index in [2.05, 4.69) is 34.2 Å². The minimum atomic E-state index is 0.759. The van der Waals surface area contributed by atoms with Gasteiger partial charge in [0.05, 0.1) is 13.2 Å². The second-order valence-electron chi connectivity index (χ2n) is 9.09. The van der Waals surface area contributed by atoms with Crippen LogP contribution in [0.5, 0.6) is 11.5 Å². The summed E-state index contributed by atoms with van der Waals surface area (Å²) < 4.78 is 12.1. The summed E-state index contributed by atoms with van der Waals surface area (Å²) >= 11 is 0. The van der Waals surface area contributed by atoms with Gasteiger partial charge in [-0.15, -0.1) is 0 Å². The Labute approximate surface area is 203 Å². The Hall–Kier alpha value is -3.14. The molecule has 0 fully saturated rings. The van der Waals surface area contributed by atoms with Crippen LogP contribution in [0, 0.1) is 13.8 Å². The van der Waals surface area contributed by atoms with Crippen molar-refractivity contribution >= 4 is 21.8 Å². The molecule has 4 aromatic rings. The maximum atomic E-state index is 6.04. The first kappa shape index (κ1) is 24.0. The smallest absolute Gasteiger partial charge is 0.145 e. The largest absolute Gasteiger partial charge is 0.491 e. The van der Waals surface area contributed by atoms with E-state index >= 15 is 0 Å². The molecule has 4 heteroatoms. The average molecular weight is 457 g/mol. The van der Waals surface area contributed by atoms with Crippen molar-refractivity contribution in [2.75, 3.05) is 13.2 Å². The predicted molar refractivity (Wildman–Crippen MR) is 141 cm³/mol. The second-order valence-corrected chi connectivity index (χ2v) is 9.09. The van der Waals surface area contributed by atoms with E-state index in [0.29, 0.717) is 0 Å². The monoisotopic (exact) mass is 456 g/mol. The molecule has 0 atom stereocenters. The van der Waals surface area contributed by atoms with E-state index in [1.807, 2.05) is 50.2 Å². The first-order valence-corrected chi connectivity index (χ1v) is 12.7. The summed E-state index contributed by atoms with van der Waals surface area (Å²) in [6.07, 6.45) is 9.75. The number of fused-ring (bicyclic) bond motifs is 2. The van der Waals surface area contributed by atoms with Crippen LogP contribution in [0.2, 0.25) is 0 Å². The highest BCUT2D eigenvalue weighted by molar-refractivity contribution is 5.85. The van der Waals surface area contributed by atoms with Crippen molar-refractivity contribution in [3.8, 4) is 11.5 Å². The number of nitrogens with zero attached hydrogens (tertiary/aromatic N) is 2. The minimum Gasteiger partial charge on any atom is -0.491 e. The summed E-state index contributed by atoms with van der Waals surface area (Å²) in [6.45, 7) is 5.56. The number of pyridine rings is 2. The summed E-state index contributed by atoms with van der Waals surface area (Å²) in [5, 5.41) is 2.27. The van der Waals surface area contributed by atoms with E-state index in [9.17, 15) is 0 Å². The number of rotatable bonds is 13. The molecule has 0 aliphatic rings. The molecule has 0 saturated carbocycles. The first-order chi connectivity index (χ1) is 16.7. The Bertz CT molecular complexity index is 1110. The molecule has 0 radical (unpaired) electrons. The Balaban J connectivity index is 1.04. The van der Waals surface area contributed by atoms with Gasteiger partial charge in [0.15, 0.2) is 0 Å². The Morgan fingerprint density at radius 3 is 1.35 bits per heavy atom. The highest BCUT2D eigenvalue weighted by atomic mass is 16.5. The average Bonchev–Trinajstić information content (AvgIpc) is 2.85. The normalized spacial score (nSPS) is 11.2. The number of hydrogen-bond donors (Lipinski definition) is 0. The molecule has 0 bridgehead atoms. The number of hydrogen-bond acceptors (Lipinski definition) is 4. The van der Waals surface area contributed by atoms with Crippen LogP contribution in [0.3, 0.4) is 0 Å². The van der Waals surface area contributed by atoms with E-state index in [1.165, 1.54) is 38.5 Å². The zero-order chi connectivity index (χ0) is 23.6. The lowest BCUT2D eigenvalue weighted by Gasteiger charge is -2.10. The number of benzene rings is 2. The van der Waals surface area contributed by atoms with Gasteiger partial charge in [0.1, 0.15) is 22.5 Å². The number of para-hydroxylation sites is 2. The lowest BCUT2D eigenvalue weighted by Crippen LogP contribution is -1.99. The van der Waals surface area contributed by atoms with Gasteiger partial charge >= 0.3 is 0 Å². The fourth-order valence-electron chi connectivity index (χ4n) is 4.30. The Kier molecular flexibility index (Phi) is 8.72. The molecule has 0 aliphatic carbocycles. The van der Waals surface area contributed by atoms with Crippen LogP contribution in [-0.2, 0) is 0 Å². The number of aromatic nitrogens is 2. The van der Waals surface area contributed by atoms with Crippen molar-refractivity contribution in [2.24, 2.45) is 0 Å². The van der Waals surface area contributed by atoms with Gasteiger partial charge in [0.2, 0.25) is 0 Å². The van der Waals surface area contributed by atoms with Crippen molar-refractivity contribution in [3.63, 3.8) is 0 Å². The molecule has 0 aliphatic heterocycles. The van der Waals surface area contributed by atoms with E-state index in [0.717, 1.165) is 70.7 Å². The molecule has 0 saturated heterocycles. The summed E-state index contributed by atoms with van der Waals surface area (Å²) in [7, 11) is 0. The molecule has 178 valence electrons. The zero-order valence-corrected chi connectivity index (χ0v) is 20.6. The van der Waals surface area contributed by atoms with Crippen molar-refractivity contribution in [1.29, 1.82) is 0 Å². The second kappa shape index (κ2) is 12.4. The lowest BCUT2D eigenvalue weighted by atomic mass is 10.1. The fraction of sp³-hybridized carbons (Fsp3) is 0.400. The summed E-state index contributed by atoms with van der Waals surface area (Å²) in [6, 6.07) is 20.6. The van der Waals surface area contributed by atoms with Crippen LogP contribution < -0.4 is 9.47 Å². The molecule has 0 spiro atoms. The molecule has 0 amide bonds. The summed E-state index contributed by atoms with van der Waals surface area (Å²) in [5.41, 5.74) is 3.99. The van der Waals surface area contributed by atoms with Crippen molar-refractivity contribution in [1.82, 2.24) is 9.97 Å². The third-order valence-corrected chi connectivity index (χ3v) is 6.20. The highest BCUT2D eigenvalue weighted by Gasteiger charge is 2.05. The van der Waals surface area contributed by atoms with Gasteiger partial charge in [-0.3, -0.25) is 0 Å². The minimum absolute atomic E-state index is 0.759. The predicted octanol–water partition coefficient (Wildman–Crippen LogP) is 7.98. The first-order valence-electron chi connectivity index (χ1n) is 12.7. The molecule has 34 heavy (non-hydrogen) atoms. The quantitative estimate of drug-likeness (QED) is 0.191. The van der Waals surface area contributed by atoms with Gasteiger partial charge in [0.25, 0.3) is 0 Å². The van der Waals surface area contributed by atoms with Gasteiger partial charge in [-0.05, 0) is 51.0 Å². The molecule has 4 nitrogen and oxygen atoms in total. The molecule has 2 aromatic carbocycles. The standard InChI is InChI=1S/C30H36N2O2/c1-23-17-19-25-13-11-15-27(29(25)31-23)33-21-9-7-5-3-4-6-8-10-22-34-28-16-12-14-26-20-18-24(2)32-30(26)28/h11-20H,3-10,21-22H2,1-2H3. The summed E-state index contributed by atoms with van der Waals surface area (Å²) in [4.78, 5) is 9.29. The SMILES string of the molecule is Cc1ccc2cccc(OCCCCCCCCCCOc3cccc4ccc(C)nc34)c2n1. The van der Waals surface area contributed by atoms with Crippen LogP contribution in [-0.4, -0.2) is 23.2 Å². The fourth-order valence-corrected chi connectivity index (χ4v) is 4.30. The molecule has 2 heterocycles.